The molecule has 0 atom stereocenters. The zero-order valence-electron chi connectivity index (χ0n) is 12.6. The van der Waals surface area contributed by atoms with Crippen LogP contribution >= 0.6 is 11.6 Å². The molecule has 0 aliphatic carbocycles. The minimum Gasteiger partial charge on any atom is -0.306 e. The molecule has 0 aliphatic heterocycles. The summed E-state index contributed by atoms with van der Waals surface area (Å²) in [6, 6.07) is 5.82. The molecule has 0 aliphatic rings. The minimum absolute atomic E-state index is 0.140. The number of hydrogen-bond acceptors (Lipinski definition) is 4. The van der Waals surface area contributed by atoms with E-state index in [4.69, 9.17) is 11.6 Å². The topological polar surface area (TPSA) is 90.1 Å². The lowest BCUT2D eigenvalue weighted by Gasteiger charge is -2.12. The summed E-state index contributed by atoms with van der Waals surface area (Å²) < 4.78 is 39.5. The predicted octanol–water partition coefficient (Wildman–Crippen LogP) is 4.70. The number of carbonyl (C=O) groups excluding carboxylic acids is 1. The maximum atomic E-state index is 12.9. The summed E-state index contributed by atoms with van der Waals surface area (Å²) in [7, 11) is 0. The number of aromatic nitrogens is 2. The molecule has 1 heterocycles. The van der Waals surface area contributed by atoms with Crippen molar-refractivity contribution < 1.29 is 22.9 Å². The first-order valence-electron chi connectivity index (χ1n) is 6.97. The number of alkyl halides is 3. The van der Waals surface area contributed by atoms with Crippen molar-refractivity contribution in [1.82, 2.24) is 9.78 Å². The molecule has 1 amide bonds. The molecule has 134 valence electrons. The number of benzene rings is 2. The summed E-state index contributed by atoms with van der Waals surface area (Å²) in [5.41, 5.74) is -1.36. The molecule has 0 unspecified atom stereocenters. The second-order valence-electron chi connectivity index (χ2n) is 5.18. The second kappa shape index (κ2) is 6.30. The molecule has 11 heteroatoms. The summed E-state index contributed by atoms with van der Waals surface area (Å²) in [4.78, 5) is 22.5. The highest BCUT2D eigenvalue weighted by atomic mass is 35.5. The first-order chi connectivity index (χ1) is 12.2. The van der Waals surface area contributed by atoms with Crippen molar-refractivity contribution in [2.75, 3.05) is 5.32 Å². The number of amides is 1. The van der Waals surface area contributed by atoms with Gasteiger partial charge in [-0.1, -0.05) is 11.6 Å². The van der Waals surface area contributed by atoms with Crippen molar-refractivity contribution in [3.05, 3.63) is 63.3 Å². The Hall–Kier alpha value is -3.14. The Balaban J connectivity index is 1.95. The number of nitrogens with one attached hydrogen (secondary N) is 1. The number of rotatable bonds is 2. The highest BCUT2D eigenvalue weighted by molar-refractivity contribution is 6.31. The summed E-state index contributed by atoms with van der Waals surface area (Å²) in [5, 5.41) is 16.9. The van der Waals surface area contributed by atoms with Crippen LogP contribution in [0.25, 0.3) is 10.9 Å². The standard InChI is InChI=1S/C15H8ClF3N4O3/c16-12-4-2-9(5-11(12)15(17,18)19)21-14(24)22-13-6-10(23(25)26)3-1-8(13)7-20-22/h1-7H,(H,21,24). The van der Waals surface area contributed by atoms with Crippen molar-refractivity contribution in [2.24, 2.45) is 0 Å². The van der Waals surface area contributed by atoms with Crippen molar-refractivity contribution >= 4 is 39.9 Å². The molecular formula is C15H8ClF3N4O3. The quantitative estimate of drug-likeness (QED) is 0.512. The Morgan fingerprint density at radius 1 is 1.23 bits per heavy atom. The van der Waals surface area contributed by atoms with Crippen LogP contribution in [0.2, 0.25) is 5.02 Å². The molecule has 1 N–H and O–H groups in total. The number of fused-ring (bicyclic) bond motifs is 1. The third-order valence-corrected chi connectivity index (χ3v) is 3.81. The van der Waals surface area contributed by atoms with Crippen LogP contribution in [0.5, 0.6) is 0 Å². The largest absolute Gasteiger partial charge is 0.417 e. The first-order valence-corrected chi connectivity index (χ1v) is 7.35. The lowest BCUT2D eigenvalue weighted by Crippen LogP contribution is -2.21. The van der Waals surface area contributed by atoms with E-state index in [0.29, 0.717) is 11.5 Å². The number of nitro benzene ring substituents is 1. The number of nitro groups is 1. The summed E-state index contributed by atoms with van der Waals surface area (Å²) in [6.45, 7) is 0. The van der Waals surface area contributed by atoms with E-state index in [1.54, 1.807) is 0 Å². The van der Waals surface area contributed by atoms with E-state index in [9.17, 15) is 28.1 Å². The van der Waals surface area contributed by atoms with E-state index in [0.717, 1.165) is 16.8 Å². The van der Waals surface area contributed by atoms with Gasteiger partial charge in [-0.2, -0.15) is 23.0 Å². The normalized spacial score (nSPS) is 11.5. The van der Waals surface area contributed by atoms with E-state index >= 15 is 0 Å². The Bertz CT molecular complexity index is 1030. The van der Waals surface area contributed by atoms with Crippen molar-refractivity contribution in [3.63, 3.8) is 0 Å². The smallest absolute Gasteiger partial charge is 0.306 e. The fraction of sp³-hybridized carbons (Fsp3) is 0.0667. The van der Waals surface area contributed by atoms with E-state index in [1.165, 1.54) is 24.4 Å². The van der Waals surface area contributed by atoms with Crippen LogP contribution in [0, 0.1) is 10.1 Å². The van der Waals surface area contributed by atoms with Crippen molar-refractivity contribution in [3.8, 4) is 0 Å². The Labute approximate surface area is 148 Å². The van der Waals surface area contributed by atoms with Gasteiger partial charge in [0.1, 0.15) is 0 Å². The van der Waals surface area contributed by atoms with Crippen LogP contribution in [0.3, 0.4) is 0 Å². The molecule has 0 spiro atoms. The molecule has 3 rings (SSSR count). The summed E-state index contributed by atoms with van der Waals surface area (Å²) in [6.07, 6.45) is -3.38. The van der Waals surface area contributed by atoms with E-state index < -0.39 is 27.7 Å². The summed E-state index contributed by atoms with van der Waals surface area (Å²) in [5.74, 6) is 0. The van der Waals surface area contributed by atoms with E-state index in [2.05, 4.69) is 10.4 Å². The van der Waals surface area contributed by atoms with Crippen LogP contribution < -0.4 is 5.32 Å². The van der Waals surface area contributed by atoms with Gasteiger partial charge < -0.3 is 5.32 Å². The highest BCUT2D eigenvalue weighted by Crippen LogP contribution is 2.36. The highest BCUT2D eigenvalue weighted by Gasteiger charge is 2.33. The molecule has 26 heavy (non-hydrogen) atoms. The second-order valence-corrected chi connectivity index (χ2v) is 5.59. The van der Waals surface area contributed by atoms with Gasteiger partial charge in [-0.15, -0.1) is 0 Å². The molecule has 0 fully saturated rings. The third-order valence-electron chi connectivity index (χ3n) is 3.48. The van der Waals surface area contributed by atoms with Gasteiger partial charge in [-0.25, -0.2) is 4.79 Å². The van der Waals surface area contributed by atoms with Gasteiger partial charge in [-0.3, -0.25) is 10.1 Å². The lowest BCUT2D eigenvalue weighted by molar-refractivity contribution is -0.384. The molecule has 7 nitrogen and oxygen atoms in total. The van der Waals surface area contributed by atoms with Gasteiger partial charge in [0, 0.05) is 23.2 Å². The number of nitrogens with zero attached hydrogens (tertiary/aromatic N) is 3. The molecule has 3 aromatic rings. The van der Waals surface area contributed by atoms with Gasteiger partial charge in [0.25, 0.3) is 5.69 Å². The number of anilines is 1. The van der Waals surface area contributed by atoms with Gasteiger partial charge in [0.15, 0.2) is 0 Å². The molecule has 0 bridgehead atoms. The molecule has 2 aromatic carbocycles. The fourth-order valence-corrected chi connectivity index (χ4v) is 2.50. The van der Waals surface area contributed by atoms with Gasteiger partial charge in [0.05, 0.1) is 27.2 Å². The number of carbonyl (C=O) groups is 1. The zero-order chi connectivity index (χ0) is 19.1. The Kier molecular flexibility index (Phi) is 4.28. The molecule has 1 aromatic heterocycles. The number of halogens is 4. The van der Waals surface area contributed by atoms with Crippen LogP contribution in [0.1, 0.15) is 5.56 Å². The van der Waals surface area contributed by atoms with E-state index in [-0.39, 0.29) is 16.9 Å². The SMILES string of the molecule is O=C(Nc1ccc(Cl)c(C(F)(F)F)c1)n1ncc2ccc([N+](=O)[O-])cc21. The maximum Gasteiger partial charge on any atom is 0.417 e. The Morgan fingerprint density at radius 2 is 1.96 bits per heavy atom. The van der Waals surface area contributed by atoms with E-state index in [1.807, 2.05) is 0 Å². The van der Waals surface area contributed by atoms with Crippen LogP contribution in [-0.4, -0.2) is 20.7 Å². The molecule has 0 saturated carbocycles. The van der Waals surface area contributed by atoms with Crippen LogP contribution in [0.15, 0.2) is 42.6 Å². The van der Waals surface area contributed by atoms with Crippen molar-refractivity contribution in [2.45, 2.75) is 6.18 Å². The number of hydrogen-bond donors (Lipinski definition) is 1. The average molecular weight is 385 g/mol. The maximum absolute atomic E-state index is 12.9. The zero-order valence-corrected chi connectivity index (χ0v) is 13.4. The minimum atomic E-state index is -4.68. The van der Waals surface area contributed by atoms with Crippen LogP contribution in [-0.2, 0) is 6.18 Å². The monoisotopic (exact) mass is 384 g/mol. The van der Waals surface area contributed by atoms with Gasteiger partial charge in [0.2, 0.25) is 0 Å². The van der Waals surface area contributed by atoms with Gasteiger partial charge >= 0.3 is 12.2 Å². The average Bonchev–Trinajstić information content (AvgIpc) is 2.98. The molecular weight excluding hydrogens is 377 g/mol. The van der Waals surface area contributed by atoms with Gasteiger partial charge in [-0.05, 0) is 24.3 Å². The molecule has 0 radical (unpaired) electrons. The van der Waals surface area contributed by atoms with Crippen molar-refractivity contribution in [1.29, 1.82) is 0 Å². The fourth-order valence-electron chi connectivity index (χ4n) is 2.28. The lowest BCUT2D eigenvalue weighted by atomic mass is 10.2. The molecule has 0 saturated heterocycles. The third kappa shape index (κ3) is 3.31. The predicted molar refractivity (Wildman–Crippen MR) is 87.3 cm³/mol. The first kappa shape index (κ1) is 17.7. The van der Waals surface area contributed by atoms with Crippen LogP contribution in [0.4, 0.5) is 29.3 Å². The Morgan fingerprint density at radius 3 is 2.62 bits per heavy atom. The number of non-ortho nitro benzene ring substituents is 1. The summed E-state index contributed by atoms with van der Waals surface area (Å²) >= 11 is 5.53.